The molecule has 21 heavy (non-hydrogen) atoms. The van der Waals surface area contributed by atoms with E-state index in [0.29, 0.717) is 18.5 Å². The van der Waals surface area contributed by atoms with Gasteiger partial charge in [0.15, 0.2) is 0 Å². The van der Waals surface area contributed by atoms with Crippen molar-refractivity contribution in [2.45, 2.75) is 6.42 Å². The molecule has 1 aliphatic heterocycles. The van der Waals surface area contributed by atoms with E-state index in [1.807, 2.05) is 0 Å². The standard InChI is InChI=1S/C14H15N3O4/c15-13(20)10-5-7-17(8-10)14(21)12-9(2-1-6-16-12)3-4-11(18)19/h1-4,6,10H,5,7-8H2,(H2,15,20)(H,18,19)/b4-3+. The molecule has 2 amide bonds. The molecule has 0 aliphatic carbocycles. The molecule has 0 spiro atoms. The van der Waals surface area contributed by atoms with Gasteiger partial charge in [0.1, 0.15) is 5.69 Å². The molecule has 0 bridgehead atoms. The number of aliphatic carboxylic acids is 1. The van der Waals surface area contributed by atoms with Crippen LogP contribution in [0.5, 0.6) is 0 Å². The van der Waals surface area contributed by atoms with Gasteiger partial charge in [-0.2, -0.15) is 0 Å². The van der Waals surface area contributed by atoms with Gasteiger partial charge in [0.2, 0.25) is 5.91 Å². The predicted molar refractivity (Wildman–Crippen MR) is 74.1 cm³/mol. The molecule has 1 aliphatic rings. The van der Waals surface area contributed by atoms with Crippen molar-refractivity contribution in [1.82, 2.24) is 9.88 Å². The second-order valence-electron chi connectivity index (χ2n) is 4.75. The summed E-state index contributed by atoms with van der Waals surface area (Å²) in [7, 11) is 0. The zero-order valence-electron chi connectivity index (χ0n) is 11.2. The van der Waals surface area contributed by atoms with E-state index in [2.05, 4.69) is 4.98 Å². The van der Waals surface area contributed by atoms with Crippen LogP contribution in [0.4, 0.5) is 0 Å². The van der Waals surface area contributed by atoms with Crippen LogP contribution in [0.15, 0.2) is 24.4 Å². The molecule has 0 radical (unpaired) electrons. The van der Waals surface area contributed by atoms with Gasteiger partial charge >= 0.3 is 5.97 Å². The Morgan fingerprint density at radius 2 is 2.19 bits per heavy atom. The molecule has 2 rings (SSSR count). The monoisotopic (exact) mass is 289 g/mol. The van der Waals surface area contributed by atoms with Crippen molar-refractivity contribution >= 4 is 23.9 Å². The Morgan fingerprint density at radius 3 is 2.81 bits per heavy atom. The van der Waals surface area contributed by atoms with Crippen LogP contribution in [0.1, 0.15) is 22.5 Å². The molecule has 1 fully saturated rings. The molecular weight excluding hydrogens is 274 g/mol. The molecule has 0 aromatic carbocycles. The Morgan fingerprint density at radius 1 is 1.43 bits per heavy atom. The van der Waals surface area contributed by atoms with E-state index in [-0.39, 0.29) is 24.1 Å². The molecule has 1 unspecified atom stereocenters. The third-order valence-electron chi connectivity index (χ3n) is 3.32. The average molecular weight is 289 g/mol. The van der Waals surface area contributed by atoms with Gasteiger partial charge in [-0.1, -0.05) is 6.07 Å². The number of carboxylic acid groups (broad SMARTS) is 1. The molecule has 2 heterocycles. The van der Waals surface area contributed by atoms with Crippen molar-refractivity contribution in [2.24, 2.45) is 11.7 Å². The van der Waals surface area contributed by atoms with E-state index in [4.69, 9.17) is 10.8 Å². The first-order chi connectivity index (χ1) is 9.99. The summed E-state index contributed by atoms with van der Waals surface area (Å²) in [6.45, 7) is 0.706. The quantitative estimate of drug-likeness (QED) is 0.765. The summed E-state index contributed by atoms with van der Waals surface area (Å²) in [5.41, 5.74) is 5.83. The average Bonchev–Trinajstić information content (AvgIpc) is 2.94. The number of likely N-dealkylation sites (tertiary alicyclic amines) is 1. The summed E-state index contributed by atoms with van der Waals surface area (Å²) in [6.07, 6.45) is 4.27. The Hall–Kier alpha value is -2.70. The number of rotatable bonds is 4. The van der Waals surface area contributed by atoms with E-state index in [1.54, 1.807) is 12.1 Å². The van der Waals surface area contributed by atoms with Crippen molar-refractivity contribution in [2.75, 3.05) is 13.1 Å². The van der Waals surface area contributed by atoms with Crippen LogP contribution < -0.4 is 5.73 Å². The largest absolute Gasteiger partial charge is 0.478 e. The molecule has 1 aromatic heterocycles. The smallest absolute Gasteiger partial charge is 0.328 e. The molecule has 7 heteroatoms. The van der Waals surface area contributed by atoms with Gasteiger partial charge < -0.3 is 15.7 Å². The Bertz CT molecular complexity index is 612. The van der Waals surface area contributed by atoms with Crippen molar-refractivity contribution in [3.05, 3.63) is 35.7 Å². The summed E-state index contributed by atoms with van der Waals surface area (Å²) >= 11 is 0. The zero-order chi connectivity index (χ0) is 15.4. The second-order valence-corrected chi connectivity index (χ2v) is 4.75. The third-order valence-corrected chi connectivity index (χ3v) is 3.32. The molecule has 3 N–H and O–H groups in total. The number of amides is 2. The number of primary amides is 1. The maximum absolute atomic E-state index is 12.4. The molecule has 0 saturated carbocycles. The van der Waals surface area contributed by atoms with E-state index in [1.165, 1.54) is 17.2 Å². The summed E-state index contributed by atoms with van der Waals surface area (Å²) in [4.78, 5) is 39.7. The summed E-state index contributed by atoms with van der Waals surface area (Å²) in [5, 5.41) is 8.66. The number of pyridine rings is 1. The minimum atomic E-state index is -1.10. The minimum Gasteiger partial charge on any atom is -0.478 e. The van der Waals surface area contributed by atoms with Crippen LogP contribution in [0.2, 0.25) is 0 Å². The number of carbonyl (C=O) groups excluding carboxylic acids is 2. The maximum atomic E-state index is 12.4. The van der Waals surface area contributed by atoms with Gasteiger partial charge in [-0.25, -0.2) is 4.79 Å². The fraction of sp³-hybridized carbons (Fsp3) is 0.286. The number of nitrogens with two attached hydrogens (primary N) is 1. The van der Waals surface area contributed by atoms with Crippen molar-refractivity contribution in [1.29, 1.82) is 0 Å². The predicted octanol–water partition coefficient (Wildman–Crippen LogP) is 0.127. The first-order valence-electron chi connectivity index (χ1n) is 6.43. The number of aromatic nitrogens is 1. The summed E-state index contributed by atoms with van der Waals surface area (Å²) in [5.74, 6) is -2.19. The molecule has 7 nitrogen and oxygen atoms in total. The lowest BCUT2D eigenvalue weighted by Gasteiger charge is -2.16. The highest BCUT2D eigenvalue weighted by atomic mass is 16.4. The number of hydrogen-bond acceptors (Lipinski definition) is 4. The van der Waals surface area contributed by atoms with Gasteiger partial charge in [0.25, 0.3) is 5.91 Å². The fourth-order valence-electron chi connectivity index (χ4n) is 2.22. The lowest BCUT2D eigenvalue weighted by Crippen LogP contribution is -2.32. The van der Waals surface area contributed by atoms with E-state index in [0.717, 1.165) is 6.08 Å². The van der Waals surface area contributed by atoms with Crippen LogP contribution in [0, 0.1) is 5.92 Å². The van der Waals surface area contributed by atoms with Crippen molar-refractivity contribution in [3.63, 3.8) is 0 Å². The highest BCUT2D eigenvalue weighted by Crippen LogP contribution is 2.19. The van der Waals surface area contributed by atoms with Crippen LogP contribution in [0.25, 0.3) is 6.08 Å². The Balaban J connectivity index is 2.20. The van der Waals surface area contributed by atoms with Gasteiger partial charge in [-0.05, 0) is 18.6 Å². The normalized spacial score (nSPS) is 18.1. The lowest BCUT2D eigenvalue weighted by atomic mass is 10.1. The van der Waals surface area contributed by atoms with Crippen molar-refractivity contribution in [3.8, 4) is 0 Å². The van der Waals surface area contributed by atoms with E-state index >= 15 is 0 Å². The summed E-state index contributed by atoms with van der Waals surface area (Å²) < 4.78 is 0. The van der Waals surface area contributed by atoms with Crippen LogP contribution in [-0.2, 0) is 9.59 Å². The lowest BCUT2D eigenvalue weighted by molar-refractivity contribution is -0.131. The molecule has 1 atom stereocenters. The number of carboxylic acids is 1. The van der Waals surface area contributed by atoms with E-state index < -0.39 is 11.9 Å². The fourth-order valence-corrected chi connectivity index (χ4v) is 2.22. The molecular formula is C14H15N3O4. The first-order valence-corrected chi connectivity index (χ1v) is 6.43. The number of carbonyl (C=O) groups is 3. The third kappa shape index (κ3) is 3.44. The molecule has 1 saturated heterocycles. The first kappa shape index (κ1) is 14.7. The second kappa shape index (κ2) is 6.17. The minimum absolute atomic E-state index is 0.167. The highest BCUT2D eigenvalue weighted by molar-refractivity contribution is 5.97. The number of hydrogen-bond donors (Lipinski definition) is 2. The van der Waals surface area contributed by atoms with Gasteiger partial charge in [0, 0.05) is 30.9 Å². The Kier molecular flexibility index (Phi) is 4.32. The Labute approximate surface area is 121 Å². The van der Waals surface area contributed by atoms with Crippen LogP contribution in [-0.4, -0.2) is 45.9 Å². The summed E-state index contributed by atoms with van der Waals surface area (Å²) in [6, 6.07) is 3.23. The zero-order valence-corrected chi connectivity index (χ0v) is 11.2. The maximum Gasteiger partial charge on any atom is 0.328 e. The molecule has 1 aromatic rings. The van der Waals surface area contributed by atoms with Crippen molar-refractivity contribution < 1.29 is 19.5 Å². The van der Waals surface area contributed by atoms with Crippen LogP contribution >= 0.6 is 0 Å². The highest BCUT2D eigenvalue weighted by Gasteiger charge is 2.31. The molecule has 110 valence electrons. The van der Waals surface area contributed by atoms with Gasteiger partial charge in [0.05, 0.1) is 5.92 Å². The SMILES string of the molecule is NC(=O)C1CCN(C(=O)c2ncccc2/C=C/C(=O)O)C1. The van der Waals surface area contributed by atoms with Crippen LogP contribution in [0.3, 0.4) is 0 Å². The van der Waals surface area contributed by atoms with E-state index in [9.17, 15) is 14.4 Å². The topological polar surface area (TPSA) is 114 Å². The van der Waals surface area contributed by atoms with Gasteiger partial charge in [-0.15, -0.1) is 0 Å². The number of nitrogens with zero attached hydrogens (tertiary/aromatic N) is 2. The van der Waals surface area contributed by atoms with Gasteiger partial charge in [-0.3, -0.25) is 14.6 Å².